The monoisotopic (exact) mass is 622 g/mol. The van der Waals surface area contributed by atoms with E-state index in [1.165, 1.54) is 0 Å². The molecule has 2 aromatic carbocycles. The first kappa shape index (κ1) is 25.8. The van der Waals surface area contributed by atoms with E-state index in [-0.39, 0.29) is 30.9 Å². The van der Waals surface area contributed by atoms with Gasteiger partial charge in [0.25, 0.3) is 5.91 Å². The molecule has 2 amide bonds. The van der Waals surface area contributed by atoms with Gasteiger partial charge >= 0.3 is 0 Å². The summed E-state index contributed by atoms with van der Waals surface area (Å²) in [4.78, 5) is 30.7. The van der Waals surface area contributed by atoms with Crippen LogP contribution in [0.3, 0.4) is 0 Å². The van der Waals surface area contributed by atoms with Crippen molar-refractivity contribution in [1.29, 1.82) is 0 Å². The Morgan fingerprint density at radius 3 is 2.61 bits per heavy atom. The predicted octanol–water partition coefficient (Wildman–Crippen LogP) is 4.38. The van der Waals surface area contributed by atoms with Crippen molar-refractivity contribution >= 4 is 48.5 Å². The van der Waals surface area contributed by atoms with Crippen molar-refractivity contribution in [2.75, 3.05) is 18.6 Å². The van der Waals surface area contributed by atoms with E-state index in [2.05, 4.69) is 22.6 Å². The van der Waals surface area contributed by atoms with Crippen molar-refractivity contribution in [2.24, 2.45) is 5.92 Å². The second kappa shape index (κ2) is 9.18. The van der Waals surface area contributed by atoms with E-state index in [4.69, 9.17) is 4.74 Å². The van der Waals surface area contributed by atoms with Crippen LogP contribution in [-0.4, -0.2) is 56.0 Å². The lowest BCUT2D eigenvalue weighted by Gasteiger charge is -2.37. The van der Waals surface area contributed by atoms with Crippen LogP contribution < -0.4 is 4.90 Å². The zero-order valence-corrected chi connectivity index (χ0v) is 24.2. The molecule has 0 radical (unpaired) electrons. The number of likely N-dealkylation sites (N-methyl/N-ethyl adjacent to an activating group) is 1. The first-order valence-electron chi connectivity index (χ1n) is 12.4. The maximum absolute atomic E-state index is 15.9. The van der Waals surface area contributed by atoms with Crippen LogP contribution in [0.25, 0.3) is 0 Å². The lowest BCUT2D eigenvalue weighted by atomic mass is 9.82. The Hall–Kier alpha value is -1.82. The highest BCUT2D eigenvalue weighted by molar-refractivity contribution is 14.1. The van der Waals surface area contributed by atoms with Gasteiger partial charge in [0.1, 0.15) is 0 Å². The summed E-state index contributed by atoms with van der Waals surface area (Å²) < 4.78 is 23.5. The van der Waals surface area contributed by atoms with E-state index in [1.807, 2.05) is 49.4 Å². The standard InChI is InChI=1S/C27H32FIN2O4Si/c1-16-25(36(3,4)28)23(35-27(16)21-12-19(29)9-10-22(21)30(2)26(27)34)13-24(33)31-14-18-8-6-5-7-17(18)11-20(31)15-32/h5-10,12,16,20,23,25,32H,11,13-15H2,1-4H3/t16-,20-,23+,25-,27+/m0/s1. The smallest absolute Gasteiger partial charge is 0.264 e. The molecule has 0 saturated carbocycles. The molecule has 5 atom stereocenters. The minimum atomic E-state index is -3.35. The molecule has 2 aromatic rings. The number of nitrogens with zero attached hydrogens (tertiary/aromatic N) is 2. The molecular formula is C27H32FIN2O4Si. The van der Waals surface area contributed by atoms with Gasteiger partial charge in [-0.25, -0.2) is 0 Å². The SMILES string of the molecule is C[C@H]1[C@H]([Si](C)(C)F)[C@@H](CC(=O)N2Cc3ccccc3C[C@H]2CO)O[C@]12C(=O)N(C)c1ccc(I)cc12. The Bertz CT molecular complexity index is 1220. The number of hydrogen-bond donors (Lipinski definition) is 1. The number of aliphatic hydroxyl groups is 1. The lowest BCUT2D eigenvalue weighted by molar-refractivity contribution is -0.150. The van der Waals surface area contributed by atoms with E-state index in [9.17, 15) is 14.7 Å². The summed E-state index contributed by atoms with van der Waals surface area (Å²) in [6.07, 6.45) is -0.171. The van der Waals surface area contributed by atoms with Gasteiger partial charge in [0.2, 0.25) is 14.3 Å². The molecule has 0 aliphatic carbocycles. The highest BCUT2D eigenvalue weighted by atomic mass is 127. The fraction of sp³-hybridized carbons (Fsp3) is 0.481. The summed E-state index contributed by atoms with van der Waals surface area (Å²) in [5, 5.41) is 10.1. The maximum Gasteiger partial charge on any atom is 0.264 e. The van der Waals surface area contributed by atoms with Crippen molar-refractivity contribution in [3.05, 3.63) is 62.7 Å². The van der Waals surface area contributed by atoms with E-state index in [0.717, 1.165) is 25.9 Å². The topological polar surface area (TPSA) is 70.1 Å². The fourth-order valence-corrected chi connectivity index (χ4v) is 9.64. The van der Waals surface area contributed by atoms with Crippen LogP contribution in [-0.2, 0) is 32.9 Å². The maximum atomic E-state index is 15.9. The summed E-state index contributed by atoms with van der Waals surface area (Å²) in [7, 11) is -1.62. The lowest BCUT2D eigenvalue weighted by Crippen LogP contribution is -2.48. The van der Waals surface area contributed by atoms with Gasteiger partial charge in [-0.05, 0) is 71.4 Å². The van der Waals surface area contributed by atoms with E-state index in [0.29, 0.717) is 13.0 Å². The van der Waals surface area contributed by atoms with Crippen molar-refractivity contribution < 1.29 is 23.5 Å². The van der Waals surface area contributed by atoms with Crippen LogP contribution in [0.4, 0.5) is 9.80 Å². The minimum Gasteiger partial charge on any atom is -0.394 e. The summed E-state index contributed by atoms with van der Waals surface area (Å²) in [5.74, 6) is -0.805. The normalized spacial score (nSPS) is 29.6. The number of ether oxygens (including phenoxy) is 1. The van der Waals surface area contributed by atoms with Crippen LogP contribution in [0.15, 0.2) is 42.5 Å². The number of anilines is 1. The Balaban J connectivity index is 1.49. The van der Waals surface area contributed by atoms with Crippen LogP contribution in [0, 0.1) is 9.49 Å². The second-order valence-electron chi connectivity index (χ2n) is 10.8. The van der Waals surface area contributed by atoms with E-state index in [1.54, 1.807) is 29.9 Å². The Morgan fingerprint density at radius 1 is 1.25 bits per heavy atom. The summed E-state index contributed by atoms with van der Waals surface area (Å²) in [6.45, 7) is 5.43. The molecule has 3 aliphatic rings. The van der Waals surface area contributed by atoms with Crippen LogP contribution >= 0.6 is 22.6 Å². The second-order valence-corrected chi connectivity index (χ2v) is 15.9. The number of fused-ring (bicyclic) bond motifs is 3. The molecule has 6 nitrogen and oxygen atoms in total. The zero-order valence-electron chi connectivity index (χ0n) is 21.0. The van der Waals surface area contributed by atoms with Crippen LogP contribution in [0.5, 0.6) is 0 Å². The molecule has 3 heterocycles. The van der Waals surface area contributed by atoms with Gasteiger partial charge in [-0.2, -0.15) is 0 Å². The summed E-state index contributed by atoms with van der Waals surface area (Å²) in [6, 6.07) is 13.4. The van der Waals surface area contributed by atoms with Crippen LogP contribution in [0.1, 0.15) is 30.0 Å². The molecule has 9 heteroatoms. The largest absolute Gasteiger partial charge is 0.394 e. The van der Waals surface area contributed by atoms with Crippen molar-refractivity contribution in [1.82, 2.24) is 4.90 Å². The number of amides is 2. The van der Waals surface area contributed by atoms with Crippen molar-refractivity contribution in [3.8, 4) is 0 Å². The predicted molar refractivity (Wildman–Crippen MR) is 147 cm³/mol. The molecule has 1 fully saturated rings. The zero-order chi connectivity index (χ0) is 26.0. The van der Waals surface area contributed by atoms with E-state index >= 15 is 4.11 Å². The molecule has 0 aromatic heterocycles. The highest BCUT2D eigenvalue weighted by Crippen LogP contribution is 2.60. The Labute approximate surface area is 226 Å². The summed E-state index contributed by atoms with van der Waals surface area (Å²) in [5.41, 5.74) is 1.87. The molecule has 36 heavy (non-hydrogen) atoms. The van der Waals surface area contributed by atoms with Gasteiger partial charge in [0.05, 0.1) is 30.9 Å². The number of benzene rings is 2. The third kappa shape index (κ3) is 3.93. The number of carbonyl (C=O) groups excluding carboxylic acids is 2. The third-order valence-electron chi connectivity index (χ3n) is 8.32. The highest BCUT2D eigenvalue weighted by Gasteiger charge is 2.66. The van der Waals surface area contributed by atoms with Gasteiger partial charge in [-0.1, -0.05) is 31.2 Å². The molecule has 1 saturated heterocycles. The van der Waals surface area contributed by atoms with Gasteiger partial charge in [0, 0.05) is 34.2 Å². The molecule has 5 rings (SSSR count). The number of carbonyl (C=O) groups is 2. The Kier molecular flexibility index (Phi) is 6.58. The average molecular weight is 623 g/mol. The molecule has 0 unspecified atom stereocenters. The Morgan fingerprint density at radius 2 is 1.94 bits per heavy atom. The molecule has 0 bridgehead atoms. The number of aliphatic hydroxyl groups excluding tert-OH is 1. The van der Waals surface area contributed by atoms with E-state index < -0.39 is 31.6 Å². The number of rotatable bonds is 4. The van der Waals surface area contributed by atoms with Gasteiger partial charge in [-0.3, -0.25) is 9.59 Å². The average Bonchev–Trinajstić information content (AvgIpc) is 3.24. The van der Waals surface area contributed by atoms with Crippen molar-refractivity contribution in [2.45, 2.75) is 62.7 Å². The number of halogens is 2. The number of hydrogen-bond acceptors (Lipinski definition) is 4. The first-order chi connectivity index (χ1) is 17.0. The van der Waals surface area contributed by atoms with Crippen molar-refractivity contribution in [3.63, 3.8) is 0 Å². The summed E-state index contributed by atoms with van der Waals surface area (Å²) >= 11 is 2.21. The molecule has 1 spiro atoms. The fourth-order valence-electron chi connectivity index (χ4n) is 6.66. The molecule has 1 N–H and O–H groups in total. The van der Waals surface area contributed by atoms with Gasteiger partial charge in [-0.15, -0.1) is 0 Å². The third-order valence-corrected chi connectivity index (χ3v) is 11.4. The van der Waals surface area contributed by atoms with Gasteiger partial charge < -0.3 is 23.8 Å². The molecule has 192 valence electrons. The first-order valence-corrected chi connectivity index (χ1v) is 16.4. The van der Waals surface area contributed by atoms with Gasteiger partial charge in [0.15, 0.2) is 5.60 Å². The quantitative estimate of drug-likeness (QED) is 0.313. The minimum absolute atomic E-state index is 0.0218. The molecular weight excluding hydrogens is 590 g/mol. The van der Waals surface area contributed by atoms with Crippen LogP contribution in [0.2, 0.25) is 18.6 Å². The molecule has 3 aliphatic heterocycles.